The van der Waals surface area contributed by atoms with Gasteiger partial charge in [-0.2, -0.15) is 0 Å². The number of rotatable bonds is 6. The van der Waals surface area contributed by atoms with Gasteiger partial charge in [0.05, 0.1) is 19.3 Å². The van der Waals surface area contributed by atoms with Crippen LogP contribution in [-0.4, -0.2) is 63.0 Å². The van der Waals surface area contributed by atoms with Gasteiger partial charge in [0.15, 0.2) is 0 Å². The molecule has 0 aromatic heterocycles. The summed E-state index contributed by atoms with van der Waals surface area (Å²) in [4.78, 5) is 2.56. The molecule has 2 saturated heterocycles. The summed E-state index contributed by atoms with van der Waals surface area (Å²) in [7, 11) is 0. The molecule has 0 radical (unpaired) electrons. The van der Waals surface area contributed by atoms with E-state index in [0.717, 1.165) is 52.4 Å². The van der Waals surface area contributed by atoms with Crippen molar-refractivity contribution in [3.8, 4) is 0 Å². The van der Waals surface area contributed by atoms with Crippen LogP contribution in [0.1, 0.15) is 32.6 Å². The van der Waals surface area contributed by atoms with Gasteiger partial charge in [0.1, 0.15) is 0 Å². The van der Waals surface area contributed by atoms with Gasteiger partial charge in [0, 0.05) is 25.7 Å². The third kappa shape index (κ3) is 4.50. The normalized spacial score (nSPS) is 27.5. The predicted octanol–water partition coefficient (Wildman–Crippen LogP) is 1.26. The first-order chi connectivity index (χ1) is 8.90. The van der Waals surface area contributed by atoms with E-state index in [4.69, 9.17) is 9.47 Å². The van der Waals surface area contributed by atoms with Crippen LogP contribution in [0.5, 0.6) is 0 Å². The van der Waals surface area contributed by atoms with Crippen molar-refractivity contribution in [1.29, 1.82) is 0 Å². The maximum absolute atomic E-state index is 5.94. The molecule has 0 spiro atoms. The molecule has 0 amide bonds. The van der Waals surface area contributed by atoms with Crippen LogP contribution >= 0.6 is 0 Å². The monoisotopic (exact) mass is 256 g/mol. The van der Waals surface area contributed by atoms with Crippen molar-refractivity contribution < 1.29 is 9.47 Å². The van der Waals surface area contributed by atoms with E-state index >= 15 is 0 Å². The van der Waals surface area contributed by atoms with E-state index in [-0.39, 0.29) is 0 Å². The van der Waals surface area contributed by atoms with E-state index in [1.807, 2.05) is 0 Å². The number of nitrogens with zero attached hydrogens (tertiary/aromatic N) is 1. The second-order valence-corrected chi connectivity index (χ2v) is 5.35. The molecular weight excluding hydrogens is 228 g/mol. The average Bonchev–Trinajstić information content (AvgIpc) is 2.45. The van der Waals surface area contributed by atoms with Crippen LogP contribution in [0.25, 0.3) is 0 Å². The van der Waals surface area contributed by atoms with E-state index in [9.17, 15) is 0 Å². The lowest BCUT2D eigenvalue weighted by Crippen LogP contribution is -2.45. The summed E-state index contributed by atoms with van der Waals surface area (Å²) in [6, 6.07) is 0.623. The molecule has 2 heterocycles. The second-order valence-electron chi connectivity index (χ2n) is 5.35. The van der Waals surface area contributed by atoms with E-state index < -0.39 is 0 Å². The van der Waals surface area contributed by atoms with Crippen LogP contribution < -0.4 is 5.32 Å². The molecule has 0 aromatic carbocycles. The number of hydrogen-bond acceptors (Lipinski definition) is 4. The molecular formula is C14H28N2O2. The highest BCUT2D eigenvalue weighted by molar-refractivity contribution is 4.74. The first kappa shape index (κ1) is 14.3. The van der Waals surface area contributed by atoms with E-state index in [2.05, 4.69) is 17.1 Å². The van der Waals surface area contributed by atoms with Gasteiger partial charge in [-0.1, -0.05) is 6.92 Å². The molecule has 2 rings (SSSR count). The molecule has 0 aromatic rings. The van der Waals surface area contributed by atoms with Crippen LogP contribution in [-0.2, 0) is 9.47 Å². The molecule has 4 nitrogen and oxygen atoms in total. The Balaban J connectivity index is 1.56. The predicted molar refractivity (Wildman–Crippen MR) is 72.9 cm³/mol. The Bertz CT molecular complexity index is 220. The fourth-order valence-electron chi connectivity index (χ4n) is 2.84. The highest BCUT2D eigenvalue weighted by Crippen LogP contribution is 2.12. The zero-order valence-electron chi connectivity index (χ0n) is 11.7. The summed E-state index contributed by atoms with van der Waals surface area (Å²) in [5.74, 6) is 0. The van der Waals surface area contributed by atoms with Crippen LogP contribution in [0.3, 0.4) is 0 Å². The topological polar surface area (TPSA) is 33.7 Å². The Morgan fingerprint density at radius 1 is 1.33 bits per heavy atom. The number of morpholine rings is 1. The molecule has 1 unspecified atom stereocenters. The fraction of sp³-hybridized carbons (Fsp3) is 1.00. The minimum Gasteiger partial charge on any atom is -0.378 e. The molecule has 18 heavy (non-hydrogen) atoms. The van der Waals surface area contributed by atoms with Gasteiger partial charge in [0.25, 0.3) is 0 Å². The Hall–Kier alpha value is -0.160. The van der Waals surface area contributed by atoms with Gasteiger partial charge in [0.2, 0.25) is 0 Å². The third-order valence-electron chi connectivity index (χ3n) is 4.05. The highest BCUT2D eigenvalue weighted by atomic mass is 16.5. The Morgan fingerprint density at radius 3 is 2.94 bits per heavy atom. The van der Waals surface area contributed by atoms with E-state index in [1.165, 1.54) is 19.3 Å². The van der Waals surface area contributed by atoms with Crippen molar-refractivity contribution in [2.75, 3.05) is 46.0 Å². The largest absolute Gasteiger partial charge is 0.378 e. The van der Waals surface area contributed by atoms with Gasteiger partial charge in [-0.05, 0) is 38.8 Å². The van der Waals surface area contributed by atoms with Crippen molar-refractivity contribution in [2.45, 2.75) is 44.8 Å². The number of ether oxygens (including phenoxy) is 2. The SMILES string of the molecule is CCC1COCCN1CCCOC1CCNCC1. The molecule has 1 atom stereocenters. The molecule has 2 aliphatic heterocycles. The molecule has 0 bridgehead atoms. The highest BCUT2D eigenvalue weighted by Gasteiger charge is 2.20. The Labute approximate surface area is 111 Å². The molecule has 106 valence electrons. The zero-order valence-corrected chi connectivity index (χ0v) is 11.7. The lowest BCUT2D eigenvalue weighted by atomic mass is 10.1. The van der Waals surface area contributed by atoms with Crippen LogP contribution in [0.4, 0.5) is 0 Å². The van der Waals surface area contributed by atoms with Crippen molar-refractivity contribution in [1.82, 2.24) is 10.2 Å². The molecule has 2 fully saturated rings. The van der Waals surface area contributed by atoms with Crippen LogP contribution in [0.15, 0.2) is 0 Å². The van der Waals surface area contributed by atoms with Crippen molar-refractivity contribution in [3.63, 3.8) is 0 Å². The molecule has 2 aliphatic rings. The van der Waals surface area contributed by atoms with Gasteiger partial charge in [-0.25, -0.2) is 0 Å². The van der Waals surface area contributed by atoms with Crippen molar-refractivity contribution >= 4 is 0 Å². The smallest absolute Gasteiger partial charge is 0.0622 e. The van der Waals surface area contributed by atoms with E-state index in [0.29, 0.717) is 12.1 Å². The van der Waals surface area contributed by atoms with Gasteiger partial charge < -0.3 is 14.8 Å². The molecule has 1 N–H and O–H groups in total. The van der Waals surface area contributed by atoms with Crippen molar-refractivity contribution in [2.24, 2.45) is 0 Å². The summed E-state index contributed by atoms with van der Waals surface area (Å²) < 4.78 is 11.5. The molecule has 4 heteroatoms. The molecule has 0 aliphatic carbocycles. The quantitative estimate of drug-likeness (QED) is 0.725. The van der Waals surface area contributed by atoms with Crippen molar-refractivity contribution in [3.05, 3.63) is 0 Å². The summed E-state index contributed by atoms with van der Waals surface area (Å²) in [5.41, 5.74) is 0. The summed E-state index contributed by atoms with van der Waals surface area (Å²) in [6.07, 6.45) is 5.19. The van der Waals surface area contributed by atoms with E-state index in [1.54, 1.807) is 0 Å². The standard InChI is InChI=1S/C14H28N2O2/c1-2-13-12-17-11-9-16(13)8-3-10-18-14-4-6-15-7-5-14/h13-15H,2-12H2,1H3. The van der Waals surface area contributed by atoms with Gasteiger partial charge in [-0.15, -0.1) is 0 Å². The number of hydrogen-bond donors (Lipinski definition) is 1. The molecule has 0 saturated carbocycles. The minimum atomic E-state index is 0.498. The fourth-order valence-corrected chi connectivity index (χ4v) is 2.84. The lowest BCUT2D eigenvalue weighted by molar-refractivity contribution is -0.0183. The third-order valence-corrected chi connectivity index (χ3v) is 4.05. The number of nitrogens with one attached hydrogen (secondary N) is 1. The second kappa shape index (κ2) is 8.10. The lowest BCUT2D eigenvalue weighted by Gasteiger charge is -2.35. The first-order valence-corrected chi connectivity index (χ1v) is 7.54. The Kier molecular flexibility index (Phi) is 6.41. The van der Waals surface area contributed by atoms with Crippen LogP contribution in [0.2, 0.25) is 0 Å². The Morgan fingerprint density at radius 2 is 2.17 bits per heavy atom. The zero-order chi connectivity index (χ0) is 12.6. The minimum absolute atomic E-state index is 0.498. The maximum atomic E-state index is 5.94. The summed E-state index contributed by atoms with van der Waals surface area (Å²) in [5, 5.41) is 3.37. The first-order valence-electron chi connectivity index (χ1n) is 7.54. The summed E-state index contributed by atoms with van der Waals surface area (Å²) in [6.45, 7) is 9.45. The average molecular weight is 256 g/mol. The van der Waals surface area contributed by atoms with Crippen LogP contribution in [0, 0.1) is 0 Å². The maximum Gasteiger partial charge on any atom is 0.0622 e. The van der Waals surface area contributed by atoms with Gasteiger partial charge >= 0.3 is 0 Å². The van der Waals surface area contributed by atoms with Gasteiger partial charge in [-0.3, -0.25) is 4.90 Å². The summed E-state index contributed by atoms with van der Waals surface area (Å²) >= 11 is 0. The number of piperidine rings is 1.